The molecule has 2 amide bonds. The van der Waals surface area contributed by atoms with Crippen molar-refractivity contribution in [2.24, 2.45) is 4.99 Å². The molecule has 55 heavy (non-hydrogen) atoms. The zero-order valence-electron chi connectivity index (χ0n) is 30.1. The van der Waals surface area contributed by atoms with Crippen molar-refractivity contribution in [1.29, 1.82) is 0 Å². The molecule has 0 spiro atoms. The van der Waals surface area contributed by atoms with Crippen molar-refractivity contribution >= 4 is 46.7 Å². The second-order valence-corrected chi connectivity index (χ2v) is 13.9. The van der Waals surface area contributed by atoms with Gasteiger partial charge < -0.3 is 34.3 Å². The zero-order chi connectivity index (χ0) is 37.8. The van der Waals surface area contributed by atoms with E-state index in [1.807, 2.05) is 47.4 Å². The Morgan fingerprint density at radius 3 is 2.02 bits per heavy atom. The predicted octanol–water partition coefficient (Wildman–Crippen LogP) is 6.84. The molecule has 2 atom stereocenters. The molecule has 9 rings (SSSR count). The smallest absolute Gasteiger partial charge is 0.335 e. The average Bonchev–Trinajstić information content (AvgIpc) is 3.70. The van der Waals surface area contributed by atoms with Crippen LogP contribution < -0.4 is 34.1 Å². The van der Waals surface area contributed by atoms with Crippen molar-refractivity contribution in [2.45, 2.75) is 38.1 Å². The molecule has 5 aromatic carbocycles. The first-order valence-corrected chi connectivity index (χ1v) is 18.0. The van der Waals surface area contributed by atoms with E-state index in [1.165, 1.54) is 20.3 Å². The standard InChI is InChI=1S/C43H36N4O8/c1-52-37-16-31-33(44-20-29-14-26-7-3-5-9-35(26)46(29)41(31)48)18-39(37)54-22-24-11-25(13-28(12-24)43(50)51)23-55-40-19-34-32(17-38(40)53-2)42(49)47-30(21-45-34)15-27-8-4-6-10-36(27)47/h3-13,16-20,29-30,45H,14-15,21-23H2,1-2H3,(H,50,51)/t29-,30-/m0/s1. The lowest BCUT2D eigenvalue weighted by Crippen LogP contribution is -2.39. The molecular weight excluding hydrogens is 700 g/mol. The Balaban J connectivity index is 0.946. The van der Waals surface area contributed by atoms with E-state index in [1.54, 1.807) is 47.5 Å². The first-order valence-electron chi connectivity index (χ1n) is 18.0. The second kappa shape index (κ2) is 13.5. The number of rotatable bonds is 9. The monoisotopic (exact) mass is 736 g/mol. The lowest BCUT2D eigenvalue weighted by Gasteiger charge is -2.22. The quantitative estimate of drug-likeness (QED) is 0.167. The van der Waals surface area contributed by atoms with Crippen LogP contribution in [0.15, 0.2) is 96.0 Å². The molecule has 2 N–H and O–H groups in total. The highest BCUT2D eigenvalue weighted by atomic mass is 16.5. The molecule has 0 fully saturated rings. The van der Waals surface area contributed by atoms with Gasteiger partial charge in [-0.2, -0.15) is 0 Å². The number of methoxy groups -OCH3 is 2. The van der Waals surface area contributed by atoms with Gasteiger partial charge in [-0.15, -0.1) is 0 Å². The fourth-order valence-corrected chi connectivity index (χ4v) is 7.98. The normalized spacial score (nSPS) is 17.4. The number of benzene rings is 5. The van der Waals surface area contributed by atoms with Gasteiger partial charge in [0, 0.05) is 42.7 Å². The number of para-hydroxylation sites is 2. The van der Waals surface area contributed by atoms with Gasteiger partial charge in [0.05, 0.1) is 54.4 Å². The van der Waals surface area contributed by atoms with Crippen LogP contribution in [0.2, 0.25) is 0 Å². The maximum absolute atomic E-state index is 13.9. The van der Waals surface area contributed by atoms with Crippen LogP contribution in [0, 0.1) is 0 Å². The summed E-state index contributed by atoms with van der Waals surface area (Å²) >= 11 is 0. The minimum absolute atomic E-state index is 0.00194. The summed E-state index contributed by atoms with van der Waals surface area (Å²) in [6, 6.07) is 27.2. The number of carbonyl (C=O) groups excluding carboxylic acids is 2. The number of nitrogens with zero attached hydrogens (tertiary/aromatic N) is 3. The van der Waals surface area contributed by atoms with Crippen LogP contribution in [0.25, 0.3) is 0 Å². The van der Waals surface area contributed by atoms with Crippen LogP contribution in [-0.4, -0.2) is 62.0 Å². The van der Waals surface area contributed by atoms with Crippen LogP contribution in [0.3, 0.4) is 0 Å². The molecule has 276 valence electrons. The van der Waals surface area contributed by atoms with Gasteiger partial charge in [0.25, 0.3) is 11.8 Å². The number of hydrogen-bond donors (Lipinski definition) is 2. The summed E-state index contributed by atoms with van der Waals surface area (Å²) in [7, 11) is 3.01. The molecule has 0 saturated heterocycles. The molecule has 4 aliphatic heterocycles. The highest BCUT2D eigenvalue weighted by Gasteiger charge is 2.38. The minimum atomic E-state index is -1.10. The van der Waals surface area contributed by atoms with Crippen molar-refractivity contribution < 1.29 is 38.4 Å². The number of anilines is 3. The van der Waals surface area contributed by atoms with Crippen molar-refractivity contribution in [3.63, 3.8) is 0 Å². The molecule has 0 bridgehead atoms. The van der Waals surface area contributed by atoms with E-state index < -0.39 is 5.97 Å². The number of carbonyl (C=O) groups is 3. The van der Waals surface area contributed by atoms with Crippen LogP contribution >= 0.6 is 0 Å². The minimum Gasteiger partial charge on any atom is -0.493 e. The number of ether oxygens (including phenoxy) is 4. The van der Waals surface area contributed by atoms with E-state index in [2.05, 4.69) is 16.4 Å². The van der Waals surface area contributed by atoms with Crippen molar-refractivity contribution in [2.75, 3.05) is 35.9 Å². The number of fused-ring (bicyclic) bond motifs is 8. The number of hydrogen-bond acceptors (Lipinski definition) is 9. The summed E-state index contributed by atoms with van der Waals surface area (Å²) < 4.78 is 23.8. The fraction of sp³-hybridized carbons (Fsp3) is 0.209. The lowest BCUT2D eigenvalue weighted by atomic mass is 10.1. The summed E-state index contributed by atoms with van der Waals surface area (Å²) in [5.41, 5.74) is 7.20. The summed E-state index contributed by atoms with van der Waals surface area (Å²) in [5, 5.41) is 13.4. The number of aromatic carboxylic acids is 1. The summed E-state index contributed by atoms with van der Waals surface area (Å²) in [4.78, 5) is 48.2. The summed E-state index contributed by atoms with van der Waals surface area (Å²) in [6.07, 6.45) is 3.23. The topological polar surface area (TPSA) is 139 Å². The third-order valence-electron chi connectivity index (χ3n) is 10.6. The molecule has 0 aromatic heterocycles. The van der Waals surface area contributed by atoms with Crippen LogP contribution in [0.5, 0.6) is 23.0 Å². The van der Waals surface area contributed by atoms with E-state index in [0.717, 1.165) is 28.9 Å². The third-order valence-corrected chi connectivity index (χ3v) is 10.6. The molecule has 12 nitrogen and oxygen atoms in total. The maximum Gasteiger partial charge on any atom is 0.335 e. The molecule has 4 aliphatic rings. The lowest BCUT2D eigenvalue weighted by molar-refractivity contribution is 0.0696. The highest BCUT2D eigenvalue weighted by molar-refractivity contribution is 6.15. The van der Waals surface area contributed by atoms with E-state index >= 15 is 0 Å². The van der Waals surface area contributed by atoms with E-state index in [-0.39, 0.29) is 42.7 Å². The predicted molar refractivity (Wildman–Crippen MR) is 206 cm³/mol. The van der Waals surface area contributed by atoms with Crippen molar-refractivity contribution in [1.82, 2.24) is 0 Å². The highest BCUT2D eigenvalue weighted by Crippen LogP contribution is 2.43. The molecule has 0 aliphatic carbocycles. The van der Waals surface area contributed by atoms with Crippen LogP contribution in [0.4, 0.5) is 22.7 Å². The van der Waals surface area contributed by atoms with Crippen LogP contribution in [0.1, 0.15) is 53.3 Å². The summed E-state index contributed by atoms with van der Waals surface area (Å²) in [6.45, 7) is 0.575. The Morgan fingerprint density at radius 2 is 1.35 bits per heavy atom. The number of carboxylic acids is 1. The third kappa shape index (κ3) is 5.95. The van der Waals surface area contributed by atoms with Gasteiger partial charge in [-0.1, -0.05) is 36.4 Å². The Hall–Kier alpha value is -6.82. The Morgan fingerprint density at radius 1 is 0.745 bits per heavy atom. The Bertz CT molecular complexity index is 2440. The SMILES string of the molecule is COc1cc2c(cc1OCc1cc(COc3cc4c(cc3OC)C(=O)N3c5ccccc5C[C@H]3CN4)cc(C(=O)O)c1)N=C[C@@H]1Cc3ccccc3N1C2=O. The van der Waals surface area contributed by atoms with E-state index in [9.17, 15) is 19.5 Å². The maximum atomic E-state index is 13.9. The van der Waals surface area contributed by atoms with Crippen molar-refractivity contribution in [3.8, 4) is 23.0 Å². The van der Waals surface area contributed by atoms with Gasteiger partial charge in [0.1, 0.15) is 13.2 Å². The van der Waals surface area contributed by atoms with Gasteiger partial charge >= 0.3 is 5.97 Å². The summed E-state index contributed by atoms with van der Waals surface area (Å²) in [5.74, 6) is 0.0781. The van der Waals surface area contributed by atoms with E-state index in [0.29, 0.717) is 69.6 Å². The average molecular weight is 737 g/mol. The number of nitrogens with one attached hydrogen (secondary N) is 1. The Labute approximate surface area is 316 Å². The first-order chi connectivity index (χ1) is 26.8. The van der Waals surface area contributed by atoms with Gasteiger partial charge in [-0.25, -0.2) is 4.79 Å². The van der Waals surface area contributed by atoms with Gasteiger partial charge in [0.15, 0.2) is 23.0 Å². The van der Waals surface area contributed by atoms with Gasteiger partial charge in [0.2, 0.25) is 0 Å². The number of amides is 2. The molecule has 0 unspecified atom stereocenters. The molecule has 4 heterocycles. The van der Waals surface area contributed by atoms with Crippen molar-refractivity contribution in [3.05, 3.63) is 130 Å². The Kier molecular flexibility index (Phi) is 8.37. The second-order valence-electron chi connectivity index (χ2n) is 13.9. The largest absolute Gasteiger partial charge is 0.493 e. The molecule has 0 radical (unpaired) electrons. The molecule has 0 saturated carbocycles. The van der Waals surface area contributed by atoms with Crippen LogP contribution in [-0.2, 0) is 26.1 Å². The van der Waals surface area contributed by atoms with E-state index in [4.69, 9.17) is 18.9 Å². The number of aliphatic imine (C=N–C) groups is 1. The zero-order valence-corrected chi connectivity index (χ0v) is 30.1. The molecule has 5 aromatic rings. The molecular formula is C43H36N4O8. The van der Waals surface area contributed by atoms with Gasteiger partial charge in [-0.05, 0) is 71.1 Å². The molecule has 12 heteroatoms. The first kappa shape index (κ1) is 34.0. The fourth-order valence-electron chi connectivity index (χ4n) is 7.98. The number of carboxylic acid groups (broad SMARTS) is 1. The van der Waals surface area contributed by atoms with Gasteiger partial charge in [-0.3, -0.25) is 19.5 Å².